The van der Waals surface area contributed by atoms with Crippen LogP contribution in [-0.4, -0.2) is 20.0 Å². The molecule has 0 N–H and O–H groups in total. The molecule has 0 aliphatic heterocycles. The van der Waals surface area contributed by atoms with Gasteiger partial charge in [0.05, 0.1) is 10.5 Å². The number of sulfone groups is 1. The Morgan fingerprint density at radius 2 is 1.74 bits per heavy atom. The zero-order chi connectivity index (χ0) is 14.8. The molecule has 0 radical (unpaired) electrons. The SMILES string of the molecule is CC(C)C(=O)CS(=O)(=O)c1ccccc1C(F)(F)F. The van der Waals surface area contributed by atoms with Crippen LogP contribution in [0.5, 0.6) is 0 Å². The molecule has 1 aromatic rings. The second kappa shape index (κ2) is 5.32. The van der Waals surface area contributed by atoms with Crippen molar-refractivity contribution in [1.82, 2.24) is 0 Å². The molecule has 0 aromatic heterocycles. The Morgan fingerprint density at radius 3 is 2.21 bits per heavy atom. The average molecular weight is 294 g/mol. The highest BCUT2D eigenvalue weighted by atomic mass is 32.2. The predicted octanol–water partition coefficient (Wildman–Crippen LogP) is 2.70. The monoisotopic (exact) mass is 294 g/mol. The Balaban J connectivity index is 3.27. The Kier molecular flexibility index (Phi) is 4.39. The second-order valence-corrected chi connectivity index (χ2v) is 6.33. The molecule has 0 saturated heterocycles. The minimum Gasteiger partial charge on any atom is -0.298 e. The largest absolute Gasteiger partial charge is 0.417 e. The summed E-state index contributed by atoms with van der Waals surface area (Å²) in [4.78, 5) is 10.6. The standard InChI is InChI=1S/C12H13F3O3S/c1-8(2)10(16)7-19(17,18)11-6-4-3-5-9(11)12(13,14)15/h3-6,8H,7H2,1-2H3. The highest BCUT2D eigenvalue weighted by Gasteiger charge is 2.37. The summed E-state index contributed by atoms with van der Waals surface area (Å²) in [5.41, 5.74) is -1.24. The van der Waals surface area contributed by atoms with E-state index in [0.29, 0.717) is 6.07 Å². The van der Waals surface area contributed by atoms with Crippen molar-refractivity contribution >= 4 is 15.6 Å². The quantitative estimate of drug-likeness (QED) is 0.858. The van der Waals surface area contributed by atoms with Gasteiger partial charge in [0.2, 0.25) is 0 Å². The molecule has 3 nitrogen and oxygen atoms in total. The summed E-state index contributed by atoms with van der Waals surface area (Å²) in [6.45, 7) is 2.99. The first-order valence-electron chi connectivity index (χ1n) is 5.47. The van der Waals surface area contributed by atoms with Crippen LogP contribution in [0.15, 0.2) is 29.2 Å². The van der Waals surface area contributed by atoms with Crippen molar-refractivity contribution in [2.24, 2.45) is 5.92 Å². The number of ketones is 1. The fraction of sp³-hybridized carbons (Fsp3) is 0.417. The van der Waals surface area contributed by atoms with E-state index in [1.807, 2.05) is 0 Å². The van der Waals surface area contributed by atoms with E-state index in [0.717, 1.165) is 12.1 Å². The number of halogens is 3. The molecule has 0 atom stereocenters. The normalized spacial score (nSPS) is 12.7. The van der Waals surface area contributed by atoms with E-state index in [9.17, 15) is 26.4 Å². The average Bonchev–Trinajstić information content (AvgIpc) is 2.27. The maximum absolute atomic E-state index is 12.7. The predicted molar refractivity (Wildman–Crippen MR) is 63.3 cm³/mol. The fourth-order valence-electron chi connectivity index (χ4n) is 1.40. The Hall–Kier alpha value is -1.37. The third-order valence-corrected chi connectivity index (χ3v) is 4.19. The van der Waals surface area contributed by atoms with Crippen molar-refractivity contribution in [3.8, 4) is 0 Å². The lowest BCUT2D eigenvalue weighted by atomic mass is 10.1. The van der Waals surface area contributed by atoms with E-state index in [1.165, 1.54) is 19.9 Å². The highest BCUT2D eigenvalue weighted by Crippen LogP contribution is 2.34. The Labute approximate surface area is 109 Å². The van der Waals surface area contributed by atoms with Crippen molar-refractivity contribution in [1.29, 1.82) is 0 Å². The first-order chi connectivity index (χ1) is 8.55. The van der Waals surface area contributed by atoms with Crippen LogP contribution in [0.3, 0.4) is 0 Å². The Bertz CT molecular complexity index is 574. The number of rotatable bonds is 4. The maximum Gasteiger partial charge on any atom is 0.417 e. The number of carbonyl (C=O) groups is 1. The van der Waals surface area contributed by atoms with Gasteiger partial charge >= 0.3 is 6.18 Å². The molecular formula is C12H13F3O3S. The molecule has 0 amide bonds. The summed E-state index contributed by atoms with van der Waals surface area (Å²) in [5.74, 6) is -2.08. The summed E-state index contributed by atoms with van der Waals surface area (Å²) in [5, 5.41) is 0. The van der Waals surface area contributed by atoms with Crippen molar-refractivity contribution in [3.05, 3.63) is 29.8 Å². The number of hydrogen-bond acceptors (Lipinski definition) is 3. The summed E-state index contributed by atoms with van der Waals surface area (Å²) in [7, 11) is -4.29. The first-order valence-corrected chi connectivity index (χ1v) is 7.12. The van der Waals surface area contributed by atoms with Gasteiger partial charge in [0.1, 0.15) is 5.75 Å². The van der Waals surface area contributed by atoms with Gasteiger partial charge in [-0.2, -0.15) is 13.2 Å². The van der Waals surface area contributed by atoms with Gasteiger partial charge in [0.15, 0.2) is 15.6 Å². The second-order valence-electron chi connectivity index (χ2n) is 4.37. The van der Waals surface area contributed by atoms with Crippen molar-refractivity contribution in [2.75, 3.05) is 5.75 Å². The van der Waals surface area contributed by atoms with Crippen LogP contribution in [0.2, 0.25) is 0 Å². The number of alkyl halides is 3. The van der Waals surface area contributed by atoms with Gasteiger partial charge in [-0.25, -0.2) is 8.42 Å². The summed E-state index contributed by atoms with van der Waals surface area (Å²) in [6, 6.07) is 3.85. The van der Waals surface area contributed by atoms with E-state index in [4.69, 9.17) is 0 Å². The molecule has 106 valence electrons. The van der Waals surface area contributed by atoms with Gasteiger partial charge in [0.25, 0.3) is 0 Å². The van der Waals surface area contributed by atoms with Crippen LogP contribution in [0.4, 0.5) is 13.2 Å². The fourth-order valence-corrected chi connectivity index (χ4v) is 3.07. The van der Waals surface area contributed by atoms with Gasteiger partial charge in [-0.1, -0.05) is 26.0 Å². The third-order valence-electron chi connectivity index (χ3n) is 2.50. The van der Waals surface area contributed by atoms with Crippen LogP contribution in [-0.2, 0) is 20.8 Å². The molecule has 0 saturated carbocycles. The molecule has 0 aliphatic carbocycles. The lowest BCUT2D eigenvalue weighted by Gasteiger charge is -2.13. The third kappa shape index (κ3) is 3.79. The minimum absolute atomic E-state index is 0.548. The van der Waals surface area contributed by atoms with Gasteiger partial charge in [0, 0.05) is 5.92 Å². The van der Waals surface area contributed by atoms with Gasteiger partial charge in [-0.15, -0.1) is 0 Å². The first kappa shape index (κ1) is 15.7. The van der Waals surface area contributed by atoms with Crippen LogP contribution in [0.1, 0.15) is 19.4 Å². The zero-order valence-electron chi connectivity index (χ0n) is 10.4. The van der Waals surface area contributed by atoms with E-state index in [-0.39, 0.29) is 0 Å². The number of Topliss-reactive ketones (excluding diaryl/α,β-unsaturated/α-hetero) is 1. The molecule has 0 spiro atoms. The molecule has 19 heavy (non-hydrogen) atoms. The van der Waals surface area contributed by atoms with Crippen molar-refractivity contribution < 1.29 is 26.4 Å². The highest BCUT2D eigenvalue weighted by molar-refractivity contribution is 7.92. The summed E-state index contributed by atoms with van der Waals surface area (Å²) >= 11 is 0. The summed E-state index contributed by atoms with van der Waals surface area (Å²) in [6.07, 6.45) is -4.77. The van der Waals surface area contributed by atoms with E-state index in [1.54, 1.807) is 0 Å². The van der Waals surface area contributed by atoms with E-state index >= 15 is 0 Å². The lowest BCUT2D eigenvalue weighted by Crippen LogP contribution is -2.23. The van der Waals surface area contributed by atoms with Crippen molar-refractivity contribution in [3.63, 3.8) is 0 Å². The smallest absolute Gasteiger partial charge is 0.298 e. The lowest BCUT2D eigenvalue weighted by molar-refractivity contribution is -0.140. The topological polar surface area (TPSA) is 51.2 Å². The van der Waals surface area contributed by atoms with E-state index < -0.39 is 43.9 Å². The Morgan fingerprint density at radius 1 is 1.21 bits per heavy atom. The molecule has 0 unspecified atom stereocenters. The molecular weight excluding hydrogens is 281 g/mol. The number of carbonyl (C=O) groups excluding carboxylic acids is 1. The molecule has 1 aromatic carbocycles. The van der Waals surface area contributed by atoms with Crippen LogP contribution >= 0.6 is 0 Å². The molecule has 7 heteroatoms. The van der Waals surface area contributed by atoms with Gasteiger partial charge in [-0.3, -0.25) is 4.79 Å². The van der Waals surface area contributed by atoms with Crippen LogP contribution < -0.4 is 0 Å². The molecule has 0 heterocycles. The summed E-state index contributed by atoms with van der Waals surface area (Å²) < 4.78 is 62.0. The van der Waals surface area contributed by atoms with Gasteiger partial charge in [-0.05, 0) is 12.1 Å². The molecule has 0 fully saturated rings. The number of hydrogen-bond donors (Lipinski definition) is 0. The van der Waals surface area contributed by atoms with Crippen LogP contribution in [0, 0.1) is 5.92 Å². The van der Waals surface area contributed by atoms with Gasteiger partial charge < -0.3 is 0 Å². The zero-order valence-corrected chi connectivity index (χ0v) is 11.2. The molecule has 0 bridgehead atoms. The number of benzene rings is 1. The molecule has 1 rings (SSSR count). The van der Waals surface area contributed by atoms with E-state index in [2.05, 4.69) is 0 Å². The maximum atomic E-state index is 12.7. The minimum atomic E-state index is -4.77. The van der Waals surface area contributed by atoms with Crippen LogP contribution in [0.25, 0.3) is 0 Å². The molecule has 0 aliphatic rings. The van der Waals surface area contributed by atoms with Crippen molar-refractivity contribution in [2.45, 2.75) is 24.9 Å².